The lowest BCUT2D eigenvalue weighted by molar-refractivity contribution is 0.196. The fourth-order valence-corrected chi connectivity index (χ4v) is 4.06. The van der Waals surface area contributed by atoms with Gasteiger partial charge in [-0.3, -0.25) is 0 Å². The fourth-order valence-electron chi connectivity index (χ4n) is 2.46. The van der Waals surface area contributed by atoms with Crippen LogP contribution in [0.2, 0.25) is 0 Å². The SMILES string of the molecule is CCN1CCN(S(=O)(=O)c2cc(N)c(C)cc2OC)CC1. The van der Waals surface area contributed by atoms with Crippen molar-refractivity contribution in [1.82, 2.24) is 9.21 Å². The first kappa shape index (κ1) is 16.1. The van der Waals surface area contributed by atoms with Gasteiger partial charge in [-0.2, -0.15) is 4.31 Å². The Morgan fingerprint density at radius 1 is 1.24 bits per heavy atom. The average molecular weight is 313 g/mol. The molecule has 7 heteroatoms. The van der Waals surface area contributed by atoms with Crippen molar-refractivity contribution >= 4 is 15.7 Å². The maximum Gasteiger partial charge on any atom is 0.246 e. The molecule has 118 valence electrons. The number of rotatable bonds is 4. The molecule has 0 radical (unpaired) electrons. The zero-order valence-corrected chi connectivity index (χ0v) is 13.6. The third-order valence-corrected chi connectivity index (χ3v) is 5.87. The molecule has 1 saturated heterocycles. The van der Waals surface area contributed by atoms with Crippen molar-refractivity contribution < 1.29 is 13.2 Å². The van der Waals surface area contributed by atoms with Crippen molar-refractivity contribution in [2.75, 3.05) is 45.6 Å². The standard InChI is InChI=1S/C14H23N3O3S/c1-4-16-5-7-17(8-6-16)21(18,19)14-10-12(15)11(2)9-13(14)20-3/h9-10H,4-8,15H2,1-3H3. The van der Waals surface area contributed by atoms with Gasteiger partial charge in [0.25, 0.3) is 0 Å². The number of aryl methyl sites for hydroxylation is 1. The lowest BCUT2D eigenvalue weighted by Gasteiger charge is -2.33. The third-order valence-electron chi connectivity index (χ3n) is 3.95. The summed E-state index contributed by atoms with van der Waals surface area (Å²) in [6, 6.07) is 3.17. The van der Waals surface area contributed by atoms with Crippen molar-refractivity contribution in [2.45, 2.75) is 18.7 Å². The number of nitrogens with two attached hydrogens (primary N) is 1. The summed E-state index contributed by atoms with van der Waals surface area (Å²) >= 11 is 0. The third kappa shape index (κ3) is 3.14. The summed E-state index contributed by atoms with van der Waals surface area (Å²) in [5.41, 5.74) is 7.13. The predicted molar refractivity (Wildman–Crippen MR) is 83.0 cm³/mol. The van der Waals surface area contributed by atoms with Crippen LogP contribution < -0.4 is 10.5 Å². The van der Waals surface area contributed by atoms with E-state index in [1.165, 1.54) is 17.5 Å². The summed E-state index contributed by atoms with van der Waals surface area (Å²) in [6.45, 7) is 7.33. The Balaban J connectivity index is 2.34. The first-order chi connectivity index (χ1) is 9.90. The van der Waals surface area contributed by atoms with Crippen LogP contribution in [0.4, 0.5) is 5.69 Å². The highest BCUT2D eigenvalue weighted by molar-refractivity contribution is 7.89. The first-order valence-electron chi connectivity index (χ1n) is 7.06. The molecule has 0 aliphatic carbocycles. The Morgan fingerprint density at radius 3 is 2.38 bits per heavy atom. The maximum absolute atomic E-state index is 12.8. The molecule has 0 saturated carbocycles. The first-order valence-corrected chi connectivity index (χ1v) is 8.50. The Labute approximate surface area is 126 Å². The zero-order chi connectivity index (χ0) is 15.6. The lowest BCUT2D eigenvalue weighted by Crippen LogP contribution is -2.48. The number of ether oxygens (including phenoxy) is 1. The number of methoxy groups -OCH3 is 1. The molecule has 1 aromatic carbocycles. The van der Waals surface area contributed by atoms with E-state index in [0.717, 1.165) is 25.2 Å². The van der Waals surface area contributed by atoms with Crippen LogP contribution >= 0.6 is 0 Å². The Bertz CT molecular complexity index is 608. The monoisotopic (exact) mass is 313 g/mol. The molecule has 0 aromatic heterocycles. The molecule has 1 aromatic rings. The van der Waals surface area contributed by atoms with Gasteiger partial charge in [0, 0.05) is 31.9 Å². The number of nitrogen functional groups attached to an aromatic ring is 1. The molecule has 6 nitrogen and oxygen atoms in total. The minimum atomic E-state index is -3.57. The summed E-state index contributed by atoms with van der Waals surface area (Å²) in [4.78, 5) is 2.38. The fraction of sp³-hybridized carbons (Fsp3) is 0.571. The van der Waals surface area contributed by atoms with E-state index in [-0.39, 0.29) is 4.90 Å². The van der Waals surface area contributed by atoms with Gasteiger partial charge in [0.05, 0.1) is 7.11 Å². The van der Waals surface area contributed by atoms with Gasteiger partial charge in [-0.1, -0.05) is 6.92 Å². The van der Waals surface area contributed by atoms with E-state index < -0.39 is 10.0 Å². The van der Waals surface area contributed by atoms with Gasteiger partial charge < -0.3 is 15.4 Å². The number of nitrogens with zero attached hydrogens (tertiary/aromatic N) is 2. The van der Waals surface area contributed by atoms with E-state index in [4.69, 9.17) is 10.5 Å². The summed E-state index contributed by atoms with van der Waals surface area (Å²) in [5.74, 6) is 0.347. The minimum absolute atomic E-state index is 0.151. The highest BCUT2D eigenvalue weighted by atomic mass is 32.2. The molecule has 1 fully saturated rings. The van der Waals surface area contributed by atoms with E-state index in [1.54, 1.807) is 6.07 Å². The van der Waals surface area contributed by atoms with E-state index in [0.29, 0.717) is 24.5 Å². The van der Waals surface area contributed by atoms with Crippen LogP contribution in [0.15, 0.2) is 17.0 Å². The van der Waals surface area contributed by atoms with Gasteiger partial charge in [0.1, 0.15) is 10.6 Å². The molecule has 2 rings (SSSR count). The summed E-state index contributed by atoms with van der Waals surface area (Å²) in [5, 5.41) is 0. The quantitative estimate of drug-likeness (QED) is 0.836. The van der Waals surface area contributed by atoms with Crippen LogP contribution in [-0.2, 0) is 10.0 Å². The topological polar surface area (TPSA) is 75.9 Å². The second-order valence-corrected chi connectivity index (χ2v) is 7.10. The Hall–Kier alpha value is -1.31. The van der Waals surface area contributed by atoms with Gasteiger partial charge >= 0.3 is 0 Å². The van der Waals surface area contributed by atoms with Crippen LogP contribution in [0.3, 0.4) is 0 Å². The Kier molecular flexibility index (Phi) is 4.75. The van der Waals surface area contributed by atoms with Crippen molar-refractivity contribution in [3.05, 3.63) is 17.7 Å². The molecule has 0 atom stereocenters. The molecular weight excluding hydrogens is 290 g/mol. The Morgan fingerprint density at radius 2 is 1.86 bits per heavy atom. The largest absolute Gasteiger partial charge is 0.495 e. The van der Waals surface area contributed by atoms with Gasteiger partial charge in [0.2, 0.25) is 10.0 Å². The van der Waals surface area contributed by atoms with E-state index >= 15 is 0 Å². The van der Waals surface area contributed by atoms with E-state index in [1.807, 2.05) is 6.92 Å². The maximum atomic E-state index is 12.8. The van der Waals surface area contributed by atoms with Gasteiger partial charge in [-0.25, -0.2) is 8.42 Å². The number of piperazine rings is 1. The highest BCUT2D eigenvalue weighted by Crippen LogP contribution is 2.31. The van der Waals surface area contributed by atoms with Gasteiger partial charge in [-0.15, -0.1) is 0 Å². The number of benzene rings is 1. The van der Waals surface area contributed by atoms with Gasteiger partial charge in [0.15, 0.2) is 0 Å². The number of hydrogen-bond acceptors (Lipinski definition) is 5. The summed E-state index contributed by atoms with van der Waals surface area (Å²) in [7, 11) is -2.10. The predicted octanol–water partition coefficient (Wildman–Crippen LogP) is 0.912. The molecule has 0 bridgehead atoms. The normalized spacial score (nSPS) is 17.9. The smallest absolute Gasteiger partial charge is 0.246 e. The van der Waals surface area contributed by atoms with Crippen LogP contribution in [-0.4, -0.2) is 57.5 Å². The lowest BCUT2D eigenvalue weighted by atomic mass is 10.2. The molecule has 1 aliphatic heterocycles. The molecule has 1 heterocycles. The van der Waals surface area contributed by atoms with Crippen molar-refractivity contribution in [3.63, 3.8) is 0 Å². The second kappa shape index (κ2) is 6.21. The second-order valence-electron chi connectivity index (χ2n) is 5.20. The molecule has 0 spiro atoms. The minimum Gasteiger partial charge on any atom is -0.495 e. The molecule has 2 N–H and O–H groups in total. The molecule has 0 unspecified atom stereocenters. The molecule has 21 heavy (non-hydrogen) atoms. The van der Waals surface area contributed by atoms with Gasteiger partial charge in [-0.05, 0) is 31.2 Å². The summed E-state index contributed by atoms with van der Waals surface area (Å²) < 4.78 is 32.3. The average Bonchev–Trinajstić information content (AvgIpc) is 2.49. The summed E-state index contributed by atoms with van der Waals surface area (Å²) in [6.07, 6.45) is 0. The van der Waals surface area contributed by atoms with Crippen molar-refractivity contribution in [2.24, 2.45) is 0 Å². The number of hydrogen-bond donors (Lipinski definition) is 1. The van der Waals surface area contributed by atoms with Crippen molar-refractivity contribution in [1.29, 1.82) is 0 Å². The van der Waals surface area contributed by atoms with Crippen LogP contribution in [0.25, 0.3) is 0 Å². The number of sulfonamides is 1. The number of anilines is 1. The highest BCUT2D eigenvalue weighted by Gasteiger charge is 2.30. The van der Waals surface area contributed by atoms with E-state index in [9.17, 15) is 8.42 Å². The van der Waals surface area contributed by atoms with Crippen LogP contribution in [0, 0.1) is 6.92 Å². The molecular formula is C14H23N3O3S. The number of likely N-dealkylation sites (N-methyl/N-ethyl adjacent to an activating group) is 1. The van der Waals surface area contributed by atoms with Crippen LogP contribution in [0.1, 0.15) is 12.5 Å². The zero-order valence-electron chi connectivity index (χ0n) is 12.8. The van der Waals surface area contributed by atoms with E-state index in [2.05, 4.69) is 11.8 Å². The van der Waals surface area contributed by atoms with Crippen LogP contribution in [0.5, 0.6) is 5.75 Å². The molecule has 0 amide bonds. The molecule has 1 aliphatic rings. The van der Waals surface area contributed by atoms with Crippen molar-refractivity contribution in [3.8, 4) is 5.75 Å².